The second-order valence-corrected chi connectivity index (χ2v) is 4.74. The molecule has 2 N–H and O–H groups in total. The Balaban J connectivity index is 2.59. The van der Waals surface area contributed by atoms with E-state index in [1.54, 1.807) is 12.1 Å². The molecule has 1 aromatic carbocycles. The van der Waals surface area contributed by atoms with E-state index < -0.39 is 0 Å². The fourth-order valence-electron chi connectivity index (χ4n) is 1.93. The molecule has 4 nitrogen and oxygen atoms in total. The highest BCUT2D eigenvalue weighted by Gasteiger charge is 2.12. The zero-order chi connectivity index (χ0) is 14.3. The fraction of sp³-hybridized carbons (Fsp3) is 0.533. The van der Waals surface area contributed by atoms with Gasteiger partial charge in [0.15, 0.2) is 0 Å². The topological polar surface area (TPSA) is 52.6 Å². The monoisotopic (exact) mass is 264 g/mol. The summed E-state index contributed by atoms with van der Waals surface area (Å²) in [4.78, 5) is 14.1. The number of amides is 1. The van der Waals surface area contributed by atoms with Gasteiger partial charge in [0.1, 0.15) is 5.75 Å². The smallest absolute Gasteiger partial charge is 0.238 e. The first-order valence-corrected chi connectivity index (χ1v) is 6.89. The number of phenols is 1. The van der Waals surface area contributed by atoms with Gasteiger partial charge in [-0.25, -0.2) is 0 Å². The molecule has 0 aromatic heterocycles. The van der Waals surface area contributed by atoms with Crippen molar-refractivity contribution in [1.82, 2.24) is 4.90 Å². The molecule has 19 heavy (non-hydrogen) atoms. The normalized spacial score (nSPS) is 10.7. The Morgan fingerprint density at radius 3 is 2.68 bits per heavy atom. The molecule has 0 aliphatic heterocycles. The van der Waals surface area contributed by atoms with Crippen LogP contribution < -0.4 is 5.32 Å². The molecule has 0 spiro atoms. The third kappa shape index (κ3) is 4.91. The first-order chi connectivity index (χ1) is 9.08. The van der Waals surface area contributed by atoms with Gasteiger partial charge in [0.05, 0.1) is 12.2 Å². The van der Waals surface area contributed by atoms with Gasteiger partial charge in [0.2, 0.25) is 5.91 Å². The lowest BCUT2D eigenvalue weighted by Crippen LogP contribution is -2.34. The second-order valence-electron chi connectivity index (χ2n) is 4.74. The van der Waals surface area contributed by atoms with Crippen molar-refractivity contribution in [2.24, 2.45) is 0 Å². The molecule has 4 heteroatoms. The highest BCUT2D eigenvalue weighted by molar-refractivity contribution is 5.94. The molecule has 0 bridgehead atoms. The van der Waals surface area contributed by atoms with Crippen molar-refractivity contribution in [1.29, 1.82) is 0 Å². The number of nitrogens with zero attached hydrogens (tertiary/aromatic N) is 1. The maximum Gasteiger partial charge on any atom is 0.238 e. The number of nitrogens with one attached hydrogen (secondary N) is 1. The number of aromatic hydroxyl groups is 1. The quantitative estimate of drug-likeness (QED) is 0.745. The second kappa shape index (κ2) is 7.79. The zero-order valence-electron chi connectivity index (χ0n) is 12.1. The molecule has 1 amide bonds. The van der Waals surface area contributed by atoms with Crippen molar-refractivity contribution in [2.45, 2.75) is 33.6 Å². The standard InChI is InChI=1S/C15H24N2O2/c1-4-6-10-17(5-2)11-14(19)16-15-12(3)8-7-9-13(15)18/h7-9,18H,4-6,10-11H2,1-3H3,(H,16,19). The number of rotatable bonds is 7. The number of anilines is 1. The Labute approximate surface area is 115 Å². The van der Waals surface area contributed by atoms with Gasteiger partial charge >= 0.3 is 0 Å². The Morgan fingerprint density at radius 2 is 2.11 bits per heavy atom. The van der Waals surface area contributed by atoms with E-state index in [1.165, 1.54) is 0 Å². The van der Waals surface area contributed by atoms with E-state index in [4.69, 9.17) is 0 Å². The summed E-state index contributed by atoms with van der Waals surface area (Å²) in [5.41, 5.74) is 1.38. The first-order valence-electron chi connectivity index (χ1n) is 6.89. The van der Waals surface area contributed by atoms with Gasteiger partial charge in [-0.15, -0.1) is 0 Å². The summed E-state index contributed by atoms with van der Waals surface area (Å²) < 4.78 is 0. The lowest BCUT2D eigenvalue weighted by atomic mass is 10.2. The summed E-state index contributed by atoms with van der Waals surface area (Å²) in [5.74, 6) is 0.0347. The average molecular weight is 264 g/mol. The number of para-hydroxylation sites is 1. The Morgan fingerprint density at radius 1 is 1.37 bits per heavy atom. The Kier molecular flexibility index (Phi) is 6.36. The van der Waals surface area contributed by atoms with Gasteiger partial charge in [-0.1, -0.05) is 32.4 Å². The molecular formula is C15H24N2O2. The number of hydrogen-bond donors (Lipinski definition) is 2. The van der Waals surface area contributed by atoms with Gasteiger partial charge in [-0.3, -0.25) is 9.69 Å². The van der Waals surface area contributed by atoms with Crippen LogP contribution in [-0.2, 0) is 4.79 Å². The van der Waals surface area contributed by atoms with Gasteiger partial charge in [0, 0.05) is 0 Å². The highest BCUT2D eigenvalue weighted by atomic mass is 16.3. The van der Waals surface area contributed by atoms with E-state index in [2.05, 4.69) is 17.1 Å². The number of likely N-dealkylation sites (N-methyl/N-ethyl adjacent to an activating group) is 1. The molecule has 0 saturated carbocycles. The van der Waals surface area contributed by atoms with Crippen molar-refractivity contribution in [2.75, 3.05) is 25.0 Å². The largest absolute Gasteiger partial charge is 0.506 e. The summed E-state index contributed by atoms with van der Waals surface area (Å²) >= 11 is 0. The number of carbonyl (C=O) groups excluding carboxylic acids is 1. The molecule has 1 aromatic rings. The van der Waals surface area contributed by atoms with Crippen molar-refractivity contribution < 1.29 is 9.90 Å². The maximum atomic E-state index is 12.0. The minimum Gasteiger partial charge on any atom is -0.506 e. The van der Waals surface area contributed by atoms with Gasteiger partial charge in [-0.2, -0.15) is 0 Å². The maximum absolute atomic E-state index is 12.0. The van der Waals surface area contributed by atoms with E-state index in [0.717, 1.165) is 31.5 Å². The molecule has 0 fully saturated rings. The minimum absolute atomic E-state index is 0.0810. The van der Waals surface area contributed by atoms with Gasteiger partial charge in [-0.05, 0) is 38.1 Å². The van der Waals surface area contributed by atoms with Crippen molar-refractivity contribution in [3.05, 3.63) is 23.8 Å². The summed E-state index contributed by atoms with van der Waals surface area (Å²) in [6.45, 7) is 8.20. The van der Waals surface area contributed by atoms with Crippen LogP contribution in [0.3, 0.4) is 0 Å². The summed E-state index contributed by atoms with van der Waals surface area (Å²) in [7, 11) is 0. The molecule has 0 heterocycles. The number of carbonyl (C=O) groups is 1. The minimum atomic E-state index is -0.0810. The van der Waals surface area contributed by atoms with Gasteiger partial charge < -0.3 is 10.4 Å². The molecule has 0 aliphatic carbocycles. The lowest BCUT2D eigenvalue weighted by molar-refractivity contribution is -0.117. The van der Waals surface area contributed by atoms with Gasteiger partial charge in [0.25, 0.3) is 0 Å². The van der Waals surface area contributed by atoms with E-state index in [9.17, 15) is 9.90 Å². The van der Waals surface area contributed by atoms with Crippen LogP contribution >= 0.6 is 0 Å². The van der Waals surface area contributed by atoms with Crippen LogP contribution in [0.5, 0.6) is 5.75 Å². The number of benzene rings is 1. The fourth-order valence-corrected chi connectivity index (χ4v) is 1.93. The lowest BCUT2D eigenvalue weighted by Gasteiger charge is -2.20. The number of hydrogen-bond acceptors (Lipinski definition) is 3. The Hall–Kier alpha value is -1.55. The third-order valence-electron chi connectivity index (χ3n) is 3.16. The molecular weight excluding hydrogens is 240 g/mol. The Bertz CT molecular complexity index is 398. The first kappa shape index (κ1) is 15.5. The molecule has 0 radical (unpaired) electrons. The van der Waals surface area contributed by atoms with Crippen LogP contribution in [0, 0.1) is 6.92 Å². The SMILES string of the molecule is CCCCN(CC)CC(=O)Nc1c(C)cccc1O. The summed E-state index contributed by atoms with van der Waals surface area (Å²) in [5, 5.41) is 12.5. The van der Waals surface area contributed by atoms with Crippen molar-refractivity contribution in [3.8, 4) is 5.75 Å². The van der Waals surface area contributed by atoms with E-state index in [1.807, 2.05) is 19.9 Å². The zero-order valence-corrected chi connectivity index (χ0v) is 12.1. The van der Waals surface area contributed by atoms with E-state index in [0.29, 0.717) is 12.2 Å². The summed E-state index contributed by atoms with van der Waals surface area (Å²) in [6.07, 6.45) is 2.22. The highest BCUT2D eigenvalue weighted by Crippen LogP contribution is 2.26. The summed E-state index contributed by atoms with van der Waals surface area (Å²) in [6, 6.07) is 5.21. The van der Waals surface area contributed by atoms with Crippen LogP contribution in [0.25, 0.3) is 0 Å². The van der Waals surface area contributed by atoms with E-state index in [-0.39, 0.29) is 11.7 Å². The number of unbranched alkanes of at least 4 members (excludes halogenated alkanes) is 1. The molecule has 0 saturated heterocycles. The third-order valence-corrected chi connectivity index (χ3v) is 3.16. The average Bonchev–Trinajstić information content (AvgIpc) is 2.39. The molecule has 106 valence electrons. The molecule has 1 rings (SSSR count). The van der Waals surface area contributed by atoms with Crippen LogP contribution in [0.1, 0.15) is 32.3 Å². The number of phenolic OH excluding ortho intramolecular Hbond substituents is 1. The molecule has 0 aliphatic rings. The number of aryl methyl sites for hydroxylation is 1. The van der Waals surface area contributed by atoms with Crippen LogP contribution in [-0.4, -0.2) is 35.5 Å². The van der Waals surface area contributed by atoms with Crippen molar-refractivity contribution >= 4 is 11.6 Å². The molecule has 0 unspecified atom stereocenters. The molecule has 0 atom stereocenters. The van der Waals surface area contributed by atoms with Crippen LogP contribution in [0.2, 0.25) is 0 Å². The predicted molar refractivity (Wildman–Crippen MR) is 78.5 cm³/mol. The van der Waals surface area contributed by atoms with Crippen LogP contribution in [0.15, 0.2) is 18.2 Å². The van der Waals surface area contributed by atoms with E-state index >= 15 is 0 Å². The van der Waals surface area contributed by atoms with Crippen molar-refractivity contribution in [3.63, 3.8) is 0 Å². The predicted octanol–water partition coefficient (Wildman–Crippen LogP) is 2.76. The van der Waals surface area contributed by atoms with Crippen LogP contribution in [0.4, 0.5) is 5.69 Å².